The van der Waals surface area contributed by atoms with Gasteiger partial charge in [0.25, 0.3) is 0 Å². The molecule has 0 aliphatic heterocycles. The van der Waals surface area contributed by atoms with Gasteiger partial charge in [0.1, 0.15) is 17.0 Å². The number of phenols is 1. The van der Waals surface area contributed by atoms with E-state index in [0.717, 1.165) is 5.69 Å². The van der Waals surface area contributed by atoms with Crippen LogP contribution in [-0.2, 0) is 0 Å². The van der Waals surface area contributed by atoms with E-state index in [1.807, 2.05) is 30.3 Å². The fourth-order valence-corrected chi connectivity index (χ4v) is 2.24. The lowest BCUT2D eigenvalue weighted by molar-refractivity contribution is 0.454. The summed E-state index contributed by atoms with van der Waals surface area (Å²) >= 11 is 0. The maximum Gasteiger partial charge on any atom is 0.238 e. The van der Waals surface area contributed by atoms with Crippen LogP contribution in [0, 0.1) is 0 Å². The Bertz CT molecular complexity index is 949. The first-order valence-corrected chi connectivity index (χ1v) is 7.03. The number of ether oxygens (including phenoxy) is 1. The number of fused-ring (bicyclic) bond motifs is 1. The third-order valence-corrected chi connectivity index (χ3v) is 3.31. The summed E-state index contributed by atoms with van der Waals surface area (Å²) in [6.45, 7) is 0. The average molecular weight is 304 g/mol. The SMILES string of the molecule is Oc1ccc(Oc2cnc3c(cnn3-c3ccccc3)n2)cc1. The van der Waals surface area contributed by atoms with Gasteiger partial charge in [-0.05, 0) is 36.4 Å². The van der Waals surface area contributed by atoms with Crippen molar-refractivity contribution in [3.8, 4) is 23.1 Å². The second kappa shape index (κ2) is 5.42. The van der Waals surface area contributed by atoms with E-state index in [1.165, 1.54) is 0 Å². The van der Waals surface area contributed by atoms with Gasteiger partial charge >= 0.3 is 0 Å². The molecule has 0 saturated carbocycles. The van der Waals surface area contributed by atoms with Gasteiger partial charge in [-0.3, -0.25) is 0 Å². The van der Waals surface area contributed by atoms with Gasteiger partial charge in [-0.25, -0.2) is 14.6 Å². The molecule has 0 radical (unpaired) electrons. The van der Waals surface area contributed by atoms with Crippen molar-refractivity contribution < 1.29 is 9.84 Å². The van der Waals surface area contributed by atoms with Gasteiger partial charge in [0, 0.05) is 0 Å². The molecule has 4 aromatic rings. The molecule has 0 bridgehead atoms. The van der Waals surface area contributed by atoms with E-state index in [1.54, 1.807) is 41.3 Å². The Kier molecular flexibility index (Phi) is 3.12. The van der Waals surface area contributed by atoms with Crippen molar-refractivity contribution in [2.75, 3.05) is 0 Å². The molecule has 23 heavy (non-hydrogen) atoms. The first-order chi connectivity index (χ1) is 11.3. The van der Waals surface area contributed by atoms with Crippen molar-refractivity contribution >= 4 is 11.2 Å². The Morgan fingerprint density at radius 1 is 0.913 bits per heavy atom. The van der Waals surface area contributed by atoms with E-state index in [-0.39, 0.29) is 5.75 Å². The number of benzene rings is 2. The Hall–Kier alpha value is -3.41. The van der Waals surface area contributed by atoms with Crippen LogP contribution in [0.1, 0.15) is 0 Å². The van der Waals surface area contributed by atoms with E-state index in [0.29, 0.717) is 22.8 Å². The lowest BCUT2D eigenvalue weighted by Gasteiger charge is -2.05. The highest BCUT2D eigenvalue weighted by Crippen LogP contribution is 2.23. The van der Waals surface area contributed by atoms with E-state index >= 15 is 0 Å². The molecule has 1 N–H and O–H groups in total. The highest BCUT2D eigenvalue weighted by Gasteiger charge is 2.09. The van der Waals surface area contributed by atoms with Crippen LogP contribution in [0.5, 0.6) is 17.4 Å². The number of rotatable bonds is 3. The van der Waals surface area contributed by atoms with Gasteiger partial charge in [-0.2, -0.15) is 5.10 Å². The normalized spacial score (nSPS) is 10.8. The van der Waals surface area contributed by atoms with Crippen LogP contribution in [0.15, 0.2) is 67.0 Å². The molecule has 0 aliphatic rings. The third kappa shape index (κ3) is 2.57. The second-order valence-corrected chi connectivity index (χ2v) is 4.90. The molecule has 0 aliphatic carbocycles. The molecule has 6 heteroatoms. The smallest absolute Gasteiger partial charge is 0.238 e. The van der Waals surface area contributed by atoms with Gasteiger partial charge < -0.3 is 9.84 Å². The van der Waals surface area contributed by atoms with Crippen LogP contribution in [0.2, 0.25) is 0 Å². The minimum atomic E-state index is 0.183. The predicted molar refractivity (Wildman–Crippen MR) is 84.8 cm³/mol. The van der Waals surface area contributed by atoms with Crippen molar-refractivity contribution in [3.63, 3.8) is 0 Å². The van der Waals surface area contributed by atoms with Crippen molar-refractivity contribution in [2.45, 2.75) is 0 Å². The Balaban J connectivity index is 1.68. The fourth-order valence-electron chi connectivity index (χ4n) is 2.24. The minimum absolute atomic E-state index is 0.183. The van der Waals surface area contributed by atoms with Gasteiger partial charge in [0.15, 0.2) is 5.65 Å². The Labute approximate surface area is 131 Å². The predicted octanol–water partition coefficient (Wildman–Crippen LogP) is 3.31. The number of hydrogen-bond donors (Lipinski definition) is 1. The second-order valence-electron chi connectivity index (χ2n) is 4.90. The monoisotopic (exact) mass is 304 g/mol. The Morgan fingerprint density at radius 3 is 2.48 bits per heavy atom. The van der Waals surface area contributed by atoms with Crippen LogP contribution in [-0.4, -0.2) is 24.9 Å². The number of phenolic OH excluding ortho intramolecular Hbond substituents is 1. The van der Waals surface area contributed by atoms with E-state index in [2.05, 4.69) is 15.1 Å². The summed E-state index contributed by atoms with van der Waals surface area (Å²) in [5, 5.41) is 13.6. The first kappa shape index (κ1) is 13.3. The zero-order valence-corrected chi connectivity index (χ0v) is 12.0. The fraction of sp³-hybridized carbons (Fsp3) is 0. The molecule has 2 heterocycles. The zero-order valence-electron chi connectivity index (χ0n) is 12.0. The summed E-state index contributed by atoms with van der Waals surface area (Å²) < 4.78 is 7.36. The van der Waals surface area contributed by atoms with Gasteiger partial charge in [0.2, 0.25) is 5.88 Å². The van der Waals surface area contributed by atoms with E-state index in [4.69, 9.17) is 4.74 Å². The summed E-state index contributed by atoms with van der Waals surface area (Å²) in [5.74, 6) is 1.13. The standard InChI is InChI=1S/C17H12N4O2/c22-13-6-8-14(9-7-13)23-16-11-18-17-15(20-16)10-19-21(17)12-4-2-1-3-5-12/h1-11,22H. The van der Waals surface area contributed by atoms with Crippen molar-refractivity contribution in [1.29, 1.82) is 0 Å². The van der Waals surface area contributed by atoms with Crippen LogP contribution in [0.25, 0.3) is 16.9 Å². The minimum Gasteiger partial charge on any atom is -0.508 e. The maximum atomic E-state index is 9.28. The molecule has 112 valence electrons. The molecular formula is C17H12N4O2. The molecule has 0 fully saturated rings. The molecule has 0 atom stereocenters. The van der Waals surface area contributed by atoms with Crippen LogP contribution < -0.4 is 4.74 Å². The number of nitrogens with zero attached hydrogens (tertiary/aromatic N) is 4. The number of hydrogen-bond acceptors (Lipinski definition) is 5. The molecule has 2 aromatic carbocycles. The van der Waals surface area contributed by atoms with Gasteiger partial charge in [0.05, 0.1) is 18.1 Å². The number of aromatic hydroxyl groups is 1. The molecule has 4 rings (SSSR count). The van der Waals surface area contributed by atoms with Gasteiger partial charge in [-0.1, -0.05) is 18.2 Å². The summed E-state index contributed by atoms with van der Waals surface area (Å²) in [4.78, 5) is 8.80. The lowest BCUT2D eigenvalue weighted by atomic mass is 10.3. The van der Waals surface area contributed by atoms with E-state index in [9.17, 15) is 5.11 Å². The summed E-state index contributed by atoms with van der Waals surface area (Å²) in [7, 11) is 0. The summed E-state index contributed by atoms with van der Waals surface area (Å²) in [5.41, 5.74) is 2.23. The zero-order chi connectivity index (χ0) is 15.6. The molecule has 0 saturated heterocycles. The topological polar surface area (TPSA) is 73.1 Å². The molecular weight excluding hydrogens is 292 g/mol. The quantitative estimate of drug-likeness (QED) is 0.628. The molecule has 0 unspecified atom stereocenters. The molecule has 2 aromatic heterocycles. The summed E-state index contributed by atoms with van der Waals surface area (Å²) in [6, 6.07) is 16.2. The van der Waals surface area contributed by atoms with Crippen LogP contribution in [0.4, 0.5) is 0 Å². The highest BCUT2D eigenvalue weighted by atomic mass is 16.5. The summed E-state index contributed by atoms with van der Waals surface area (Å²) in [6.07, 6.45) is 3.20. The molecule has 0 amide bonds. The highest BCUT2D eigenvalue weighted by molar-refractivity contribution is 5.72. The molecule has 6 nitrogen and oxygen atoms in total. The van der Waals surface area contributed by atoms with Crippen LogP contribution in [0.3, 0.4) is 0 Å². The lowest BCUT2D eigenvalue weighted by Crippen LogP contribution is -1.97. The number of para-hydroxylation sites is 1. The van der Waals surface area contributed by atoms with Crippen LogP contribution >= 0.6 is 0 Å². The first-order valence-electron chi connectivity index (χ1n) is 7.03. The number of aromatic nitrogens is 4. The molecule has 0 spiro atoms. The van der Waals surface area contributed by atoms with Crippen molar-refractivity contribution in [3.05, 3.63) is 67.0 Å². The van der Waals surface area contributed by atoms with Crippen molar-refractivity contribution in [2.24, 2.45) is 0 Å². The van der Waals surface area contributed by atoms with Gasteiger partial charge in [-0.15, -0.1) is 0 Å². The van der Waals surface area contributed by atoms with E-state index < -0.39 is 0 Å². The largest absolute Gasteiger partial charge is 0.508 e. The Morgan fingerprint density at radius 2 is 1.70 bits per heavy atom. The van der Waals surface area contributed by atoms with Crippen molar-refractivity contribution in [1.82, 2.24) is 19.7 Å². The average Bonchev–Trinajstić information content (AvgIpc) is 3.01. The third-order valence-electron chi connectivity index (χ3n) is 3.31. The maximum absolute atomic E-state index is 9.28.